The number of aromatic nitrogens is 5. The van der Waals surface area contributed by atoms with Crippen LogP contribution in [0.1, 0.15) is 24.4 Å². The van der Waals surface area contributed by atoms with E-state index in [0.29, 0.717) is 19.2 Å². The molecule has 146 valence electrons. The highest BCUT2D eigenvalue weighted by Gasteiger charge is 2.28. The highest BCUT2D eigenvalue weighted by molar-refractivity contribution is 5.59. The van der Waals surface area contributed by atoms with E-state index in [1.807, 2.05) is 24.0 Å². The van der Waals surface area contributed by atoms with Crippen molar-refractivity contribution in [2.24, 2.45) is 0 Å². The number of likely N-dealkylation sites (N-methyl/N-ethyl adjacent to an activating group) is 1. The van der Waals surface area contributed by atoms with Crippen LogP contribution in [0.15, 0.2) is 42.6 Å². The Labute approximate surface area is 164 Å². The number of hydrogen-bond acceptors (Lipinski definition) is 7. The first-order valence-corrected chi connectivity index (χ1v) is 9.52. The molecule has 1 N–H and O–H groups in total. The second-order valence-electron chi connectivity index (χ2n) is 7.05. The number of tetrazole rings is 1. The lowest BCUT2D eigenvalue weighted by Gasteiger charge is -2.17. The maximum Gasteiger partial charge on any atom is 0.182 e. The Morgan fingerprint density at radius 3 is 2.68 bits per heavy atom. The summed E-state index contributed by atoms with van der Waals surface area (Å²) in [6.07, 6.45) is 4.23. The van der Waals surface area contributed by atoms with Gasteiger partial charge in [-0.25, -0.2) is 9.67 Å². The summed E-state index contributed by atoms with van der Waals surface area (Å²) < 4.78 is 7.04. The molecule has 28 heavy (non-hydrogen) atoms. The molecule has 1 fully saturated rings. The molecule has 3 aromatic rings. The Hall–Kier alpha value is -3.00. The molecule has 1 aliphatic carbocycles. The number of anilines is 2. The van der Waals surface area contributed by atoms with E-state index in [4.69, 9.17) is 4.74 Å². The van der Waals surface area contributed by atoms with E-state index in [1.165, 1.54) is 0 Å². The van der Waals surface area contributed by atoms with Gasteiger partial charge in [-0.3, -0.25) is 0 Å². The van der Waals surface area contributed by atoms with E-state index < -0.39 is 0 Å². The number of methoxy groups -OCH3 is 1. The van der Waals surface area contributed by atoms with E-state index in [2.05, 4.69) is 61.1 Å². The van der Waals surface area contributed by atoms with Crippen LogP contribution in [0.3, 0.4) is 0 Å². The Kier molecular flexibility index (Phi) is 5.48. The second-order valence-corrected chi connectivity index (χ2v) is 7.05. The topological polar surface area (TPSA) is 81.0 Å². The molecule has 1 aliphatic rings. The molecule has 1 aromatic carbocycles. The summed E-state index contributed by atoms with van der Waals surface area (Å²) >= 11 is 0. The summed E-state index contributed by atoms with van der Waals surface area (Å²) in [5.74, 6) is 1.78. The molecule has 4 rings (SSSR count). The zero-order chi connectivity index (χ0) is 19.3. The first kappa shape index (κ1) is 18.4. The van der Waals surface area contributed by atoms with Gasteiger partial charge in [0.05, 0.1) is 12.6 Å². The van der Waals surface area contributed by atoms with Crippen molar-refractivity contribution in [3.63, 3.8) is 0 Å². The Morgan fingerprint density at radius 1 is 1.18 bits per heavy atom. The van der Waals surface area contributed by atoms with Crippen molar-refractivity contribution in [3.8, 4) is 11.4 Å². The minimum atomic E-state index is 0.465. The molecule has 0 unspecified atom stereocenters. The van der Waals surface area contributed by atoms with Crippen LogP contribution >= 0.6 is 0 Å². The van der Waals surface area contributed by atoms with Gasteiger partial charge in [0.2, 0.25) is 0 Å². The Morgan fingerprint density at radius 2 is 2.00 bits per heavy atom. The summed E-state index contributed by atoms with van der Waals surface area (Å²) in [5, 5.41) is 15.5. The minimum absolute atomic E-state index is 0.465. The molecule has 1 saturated carbocycles. The number of ether oxygens (including phenoxy) is 1. The molecule has 0 spiro atoms. The third-order valence-electron chi connectivity index (χ3n) is 4.86. The van der Waals surface area contributed by atoms with Gasteiger partial charge in [-0.1, -0.05) is 6.07 Å². The smallest absolute Gasteiger partial charge is 0.182 e. The maximum atomic E-state index is 5.11. The number of nitrogens with zero attached hydrogens (tertiary/aromatic N) is 6. The first-order chi connectivity index (χ1) is 13.7. The number of nitrogens with one attached hydrogen (secondary N) is 1. The lowest BCUT2D eigenvalue weighted by Crippen LogP contribution is -2.22. The fraction of sp³-hybridized carbons (Fsp3) is 0.400. The van der Waals surface area contributed by atoms with Gasteiger partial charge in [0, 0.05) is 44.7 Å². The van der Waals surface area contributed by atoms with Crippen molar-refractivity contribution in [3.05, 3.63) is 48.2 Å². The molecule has 0 bridgehead atoms. The summed E-state index contributed by atoms with van der Waals surface area (Å²) in [7, 11) is 3.72. The molecular weight excluding hydrogens is 354 g/mol. The van der Waals surface area contributed by atoms with Gasteiger partial charge in [0.25, 0.3) is 0 Å². The molecule has 0 saturated heterocycles. The van der Waals surface area contributed by atoms with Crippen molar-refractivity contribution in [2.75, 3.05) is 37.5 Å². The van der Waals surface area contributed by atoms with Gasteiger partial charge in [-0.05, 0) is 59.2 Å². The molecule has 8 heteroatoms. The third-order valence-corrected chi connectivity index (χ3v) is 4.86. The van der Waals surface area contributed by atoms with Crippen molar-refractivity contribution in [2.45, 2.75) is 25.4 Å². The average molecular weight is 379 g/mol. The number of benzene rings is 1. The molecule has 8 nitrogen and oxygen atoms in total. The Balaban J connectivity index is 1.34. The second kappa shape index (κ2) is 8.35. The van der Waals surface area contributed by atoms with Gasteiger partial charge in [0.15, 0.2) is 5.82 Å². The van der Waals surface area contributed by atoms with Crippen molar-refractivity contribution >= 4 is 11.5 Å². The van der Waals surface area contributed by atoms with E-state index in [0.717, 1.165) is 47.8 Å². The highest BCUT2D eigenvalue weighted by atomic mass is 16.5. The van der Waals surface area contributed by atoms with Gasteiger partial charge in [-0.15, -0.1) is 5.10 Å². The summed E-state index contributed by atoms with van der Waals surface area (Å²) in [4.78, 5) is 6.61. The lowest BCUT2D eigenvalue weighted by molar-refractivity contribution is 0.206. The molecule has 2 heterocycles. The van der Waals surface area contributed by atoms with Crippen molar-refractivity contribution in [1.29, 1.82) is 0 Å². The standard InChI is InChI=1S/C20H25N7O/c1-26(11-12-28-2)19-10-3-15(14-22-19)13-21-17-6-4-16(5-7-17)20-23-24-25-27(20)18-8-9-18/h3-7,10,14,18,21H,8-9,11-13H2,1-2H3. The summed E-state index contributed by atoms with van der Waals surface area (Å²) in [6, 6.07) is 12.8. The van der Waals surface area contributed by atoms with E-state index in [-0.39, 0.29) is 0 Å². The van der Waals surface area contributed by atoms with Crippen LogP contribution in [0.25, 0.3) is 11.4 Å². The van der Waals surface area contributed by atoms with E-state index in [9.17, 15) is 0 Å². The Bertz CT molecular complexity index is 888. The van der Waals surface area contributed by atoms with E-state index in [1.54, 1.807) is 7.11 Å². The zero-order valence-electron chi connectivity index (χ0n) is 16.2. The van der Waals surface area contributed by atoms with Crippen molar-refractivity contribution < 1.29 is 4.74 Å². The fourth-order valence-corrected chi connectivity index (χ4v) is 2.98. The summed E-state index contributed by atoms with van der Waals surface area (Å²) in [6.45, 7) is 2.22. The van der Waals surface area contributed by atoms with Gasteiger partial charge in [0.1, 0.15) is 5.82 Å². The molecule has 0 radical (unpaired) electrons. The predicted octanol–water partition coefficient (Wildman–Crippen LogP) is 2.76. The van der Waals surface area contributed by atoms with Crippen LogP contribution in [0.5, 0.6) is 0 Å². The van der Waals surface area contributed by atoms with Gasteiger partial charge < -0.3 is 15.0 Å². The molecule has 0 aliphatic heterocycles. The quantitative estimate of drug-likeness (QED) is 0.612. The van der Waals surface area contributed by atoms with Gasteiger partial charge >= 0.3 is 0 Å². The van der Waals surface area contributed by atoms with Gasteiger partial charge in [-0.2, -0.15) is 0 Å². The highest BCUT2D eigenvalue weighted by Crippen LogP contribution is 2.36. The number of hydrogen-bond donors (Lipinski definition) is 1. The number of pyridine rings is 1. The molecular formula is C20H25N7O. The predicted molar refractivity (Wildman–Crippen MR) is 108 cm³/mol. The molecule has 0 atom stereocenters. The fourth-order valence-electron chi connectivity index (χ4n) is 2.98. The van der Waals surface area contributed by atoms with Crippen LogP contribution in [-0.2, 0) is 11.3 Å². The SMILES string of the molecule is COCCN(C)c1ccc(CNc2ccc(-c3nnnn3C3CC3)cc2)cn1. The summed E-state index contributed by atoms with van der Waals surface area (Å²) in [5.41, 5.74) is 3.22. The van der Waals surface area contributed by atoms with Crippen LogP contribution in [0, 0.1) is 0 Å². The average Bonchev–Trinajstić information content (AvgIpc) is 3.47. The largest absolute Gasteiger partial charge is 0.383 e. The van der Waals surface area contributed by atoms with E-state index >= 15 is 0 Å². The monoisotopic (exact) mass is 379 g/mol. The molecule has 0 amide bonds. The maximum absolute atomic E-state index is 5.11. The normalized spacial score (nSPS) is 13.5. The van der Waals surface area contributed by atoms with Crippen LogP contribution in [0.4, 0.5) is 11.5 Å². The zero-order valence-corrected chi connectivity index (χ0v) is 16.2. The van der Waals surface area contributed by atoms with Crippen LogP contribution in [-0.4, -0.2) is 52.5 Å². The third kappa shape index (κ3) is 4.28. The lowest BCUT2D eigenvalue weighted by atomic mass is 10.2. The first-order valence-electron chi connectivity index (χ1n) is 9.52. The van der Waals surface area contributed by atoms with Crippen LogP contribution < -0.4 is 10.2 Å². The number of rotatable bonds is 9. The molecule has 2 aromatic heterocycles. The van der Waals surface area contributed by atoms with Crippen LogP contribution in [0.2, 0.25) is 0 Å². The minimum Gasteiger partial charge on any atom is -0.383 e. The van der Waals surface area contributed by atoms with Crippen molar-refractivity contribution in [1.82, 2.24) is 25.2 Å².